The lowest BCUT2D eigenvalue weighted by atomic mass is 10.6. The Hall–Kier alpha value is -0.450. The molecule has 1 aromatic rings. The van der Waals surface area contributed by atoms with E-state index >= 15 is 0 Å². The van der Waals surface area contributed by atoms with E-state index in [0.717, 1.165) is 11.5 Å². The van der Waals surface area contributed by atoms with Gasteiger partial charge < -0.3 is 9.47 Å². The summed E-state index contributed by atoms with van der Waals surface area (Å²) in [6.07, 6.45) is 1.82. The van der Waals surface area contributed by atoms with Crippen molar-refractivity contribution in [2.24, 2.45) is 0 Å². The lowest BCUT2D eigenvalue weighted by Crippen LogP contribution is -2.03. The Labute approximate surface area is 76.3 Å². The summed E-state index contributed by atoms with van der Waals surface area (Å²) in [7, 11) is 0. The summed E-state index contributed by atoms with van der Waals surface area (Å²) < 4.78 is 10.4. The van der Waals surface area contributed by atoms with Crippen molar-refractivity contribution >= 4 is 11.3 Å². The van der Waals surface area contributed by atoms with Crippen LogP contribution in [0.15, 0.2) is 11.7 Å². The molecule has 0 aliphatic rings. The minimum atomic E-state index is 0.651. The van der Waals surface area contributed by atoms with Crippen LogP contribution in [0.2, 0.25) is 0 Å². The van der Waals surface area contributed by atoms with E-state index in [-0.39, 0.29) is 0 Å². The summed E-state index contributed by atoms with van der Waals surface area (Å²) >= 11 is 1.61. The molecule has 68 valence electrons. The molecule has 0 unspecified atom stereocenters. The molecule has 1 heterocycles. The lowest BCUT2D eigenvalue weighted by molar-refractivity contribution is 0.0462. The van der Waals surface area contributed by atoms with Gasteiger partial charge in [-0.15, -0.1) is 11.3 Å². The fourth-order valence-corrected chi connectivity index (χ4v) is 1.28. The van der Waals surface area contributed by atoms with Gasteiger partial charge in [-0.3, -0.25) is 4.98 Å². The zero-order chi connectivity index (χ0) is 8.65. The molecule has 0 amide bonds. The molecular weight excluding hydrogens is 174 g/mol. The number of nitrogens with zero attached hydrogens (tertiary/aromatic N) is 1. The molecule has 1 aromatic heterocycles. The van der Waals surface area contributed by atoms with Crippen LogP contribution in [0.5, 0.6) is 0 Å². The van der Waals surface area contributed by atoms with E-state index < -0.39 is 0 Å². The zero-order valence-corrected chi connectivity index (χ0v) is 7.97. The Bertz CT molecular complexity index is 189. The number of ether oxygens (including phenoxy) is 2. The molecule has 3 nitrogen and oxygen atoms in total. The highest BCUT2D eigenvalue weighted by molar-refractivity contribution is 7.09. The third-order valence-corrected chi connectivity index (χ3v) is 2.06. The Kier molecular flexibility index (Phi) is 4.91. The number of aromatic nitrogens is 1. The predicted molar refractivity (Wildman–Crippen MR) is 48.3 cm³/mol. The molecule has 0 aliphatic heterocycles. The Morgan fingerprint density at radius 3 is 2.92 bits per heavy atom. The molecule has 0 bridgehead atoms. The fraction of sp³-hybridized carbons (Fsp3) is 0.625. The second-order valence-electron chi connectivity index (χ2n) is 2.22. The fourth-order valence-electron chi connectivity index (χ4n) is 0.748. The van der Waals surface area contributed by atoms with Crippen LogP contribution in [-0.2, 0) is 16.1 Å². The van der Waals surface area contributed by atoms with Crippen LogP contribution in [0.1, 0.15) is 11.8 Å². The van der Waals surface area contributed by atoms with Gasteiger partial charge in [0.2, 0.25) is 0 Å². The van der Waals surface area contributed by atoms with E-state index in [9.17, 15) is 0 Å². The van der Waals surface area contributed by atoms with Crippen LogP contribution in [0.3, 0.4) is 0 Å². The highest BCUT2D eigenvalue weighted by Gasteiger charge is 1.93. The first kappa shape index (κ1) is 9.64. The van der Waals surface area contributed by atoms with Crippen LogP contribution < -0.4 is 0 Å². The number of rotatable bonds is 6. The minimum Gasteiger partial charge on any atom is -0.379 e. The van der Waals surface area contributed by atoms with Gasteiger partial charge in [0.05, 0.1) is 30.2 Å². The molecule has 0 aliphatic carbocycles. The smallest absolute Gasteiger partial charge is 0.0826 e. The molecule has 0 radical (unpaired) electrons. The lowest BCUT2D eigenvalue weighted by Gasteiger charge is -2.01. The Morgan fingerprint density at radius 2 is 2.25 bits per heavy atom. The highest BCUT2D eigenvalue weighted by atomic mass is 32.1. The van der Waals surface area contributed by atoms with Crippen molar-refractivity contribution in [3.8, 4) is 0 Å². The van der Waals surface area contributed by atoms with Crippen molar-refractivity contribution in [2.45, 2.75) is 13.5 Å². The van der Waals surface area contributed by atoms with E-state index in [1.807, 2.05) is 13.1 Å². The van der Waals surface area contributed by atoms with Gasteiger partial charge in [0.25, 0.3) is 0 Å². The molecule has 1 rings (SSSR count). The summed E-state index contributed by atoms with van der Waals surface area (Å²) in [5.41, 5.74) is 1.81. The molecular formula is C8H13NO2S. The van der Waals surface area contributed by atoms with Crippen molar-refractivity contribution in [1.29, 1.82) is 0 Å². The van der Waals surface area contributed by atoms with E-state index in [1.165, 1.54) is 0 Å². The summed E-state index contributed by atoms with van der Waals surface area (Å²) in [4.78, 5) is 5.10. The van der Waals surface area contributed by atoms with E-state index in [4.69, 9.17) is 9.47 Å². The average Bonchev–Trinajstić information content (AvgIpc) is 2.57. The number of hydrogen-bond acceptors (Lipinski definition) is 4. The second-order valence-corrected chi connectivity index (χ2v) is 3.19. The number of hydrogen-bond donors (Lipinski definition) is 0. The summed E-state index contributed by atoms with van der Waals surface area (Å²) in [6, 6.07) is 0. The van der Waals surface area contributed by atoms with Crippen LogP contribution in [0.25, 0.3) is 0 Å². The standard InChI is InChI=1S/C8H13NO2S/c1-2-10-3-4-11-6-8-5-9-7-12-8/h5,7H,2-4,6H2,1H3. The second kappa shape index (κ2) is 6.11. The predicted octanol–water partition coefficient (Wildman–Crippen LogP) is 1.70. The average molecular weight is 187 g/mol. The largest absolute Gasteiger partial charge is 0.379 e. The molecule has 12 heavy (non-hydrogen) atoms. The first-order chi connectivity index (χ1) is 5.93. The first-order valence-electron chi connectivity index (χ1n) is 3.96. The van der Waals surface area contributed by atoms with Gasteiger partial charge in [0.15, 0.2) is 0 Å². The van der Waals surface area contributed by atoms with E-state index in [1.54, 1.807) is 16.8 Å². The van der Waals surface area contributed by atoms with Crippen LogP contribution in [0, 0.1) is 0 Å². The highest BCUT2D eigenvalue weighted by Crippen LogP contribution is 2.06. The maximum absolute atomic E-state index is 5.33. The summed E-state index contributed by atoms with van der Waals surface area (Å²) in [6.45, 7) is 4.71. The van der Waals surface area contributed by atoms with Crippen molar-refractivity contribution in [3.05, 3.63) is 16.6 Å². The third-order valence-electron chi connectivity index (χ3n) is 1.30. The maximum Gasteiger partial charge on any atom is 0.0826 e. The molecule has 0 spiro atoms. The Balaban J connectivity index is 1.96. The molecule has 0 atom stereocenters. The summed E-state index contributed by atoms with van der Waals surface area (Å²) in [5, 5.41) is 0. The SMILES string of the molecule is CCOCCOCc1cncs1. The van der Waals surface area contributed by atoms with Gasteiger partial charge in [0, 0.05) is 12.8 Å². The maximum atomic E-state index is 5.33. The summed E-state index contributed by atoms with van der Waals surface area (Å²) in [5.74, 6) is 0. The van der Waals surface area contributed by atoms with Crippen LogP contribution in [-0.4, -0.2) is 24.8 Å². The molecule has 4 heteroatoms. The molecule has 0 saturated heterocycles. The van der Waals surface area contributed by atoms with Crippen LogP contribution in [0.4, 0.5) is 0 Å². The van der Waals surface area contributed by atoms with Crippen molar-refractivity contribution in [3.63, 3.8) is 0 Å². The normalized spacial score (nSPS) is 10.4. The molecule has 0 saturated carbocycles. The Morgan fingerprint density at radius 1 is 1.42 bits per heavy atom. The topological polar surface area (TPSA) is 31.4 Å². The van der Waals surface area contributed by atoms with Gasteiger partial charge in [-0.2, -0.15) is 0 Å². The van der Waals surface area contributed by atoms with Crippen molar-refractivity contribution < 1.29 is 9.47 Å². The zero-order valence-electron chi connectivity index (χ0n) is 7.16. The van der Waals surface area contributed by atoms with Gasteiger partial charge >= 0.3 is 0 Å². The van der Waals surface area contributed by atoms with Crippen LogP contribution >= 0.6 is 11.3 Å². The van der Waals surface area contributed by atoms with Gasteiger partial charge in [-0.05, 0) is 6.92 Å². The van der Waals surface area contributed by atoms with Crippen molar-refractivity contribution in [2.75, 3.05) is 19.8 Å². The van der Waals surface area contributed by atoms with E-state index in [2.05, 4.69) is 4.98 Å². The van der Waals surface area contributed by atoms with Gasteiger partial charge in [-0.1, -0.05) is 0 Å². The number of thiazole rings is 1. The first-order valence-corrected chi connectivity index (χ1v) is 4.84. The minimum absolute atomic E-state index is 0.651. The van der Waals surface area contributed by atoms with Gasteiger partial charge in [-0.25, -0.2) is 0 Å². The molecule has 0 fully saturated rings. The van der Waals surface area contributed by atoms with Gasteiger partial charge in [0.1, 0.15) is 0 Å². The third kappa shape index (κ3) is 3.80. The molecule has 0 N–H and O–H groups in total. The monoisotopic (exact) mass is 187 g/mol. The van der Waals surface area contributed by atoms with E-state index in [0.29, 0.717) is 19.8 Å². The quantitative estimate of drug-likeness (QED) is 0.635. The van der Waals surface area contributed by atoms with Crippen molar-refractivity contribution in [1.82, 2.24) is 4.98 Å². The molecule has 0 aromatic carbocycles.